The third-order valence-corrected chi connectivity index (χ3v) is 5.30. The Bertz CT molecular complexity index is 683. The number of rotatable bonds is 4. The molecule has 1 aromatic carbocycles. The first-order chi connectivity index (χ1) is 10.1. The van der Waals surface area contributed by atoms with Gasteiger partial charge in [0.15, 0.2) is 0 Å². The molecule has 112 valence electrons. The molecule has 21 heavy (non-hydrogen) atoms. The van der Waals surface area contributed by atoms with Gasteiger partial charge in [0.05, 0.1) is 18.1 Å². The van der Waals surface area contributed by atoms with Gasteiger partial charge in [-0.2, -0.15) is 0 Å². The van der Waals surface area contributed by atoms with Crippen molar-refractivity contribution in [3.05, 3.63) is 36.2 Å². The fourth-order valence-corrected chi connectivity index (χ4v) is 3.84. The first kappa shape index (κ1) is 14.2. The molecule has 1 aliphatic rings. The zero-order chi connectivity index (χ0) is 14.7. The number of aromatic nitrogens is 2. The van der Waals surface area contributed by atoms with Crippen molar-refractivity contribution in [2.75, 3.05) is 11.5 Å². The summed E-state index contributed by atoms with van der Waals surface area (Å²) in [4.78, 5) is 0. The molecule has 2 heterocycles. The predicted molar refractivity (Wildman–Crippen MR) is 78.2 cm³/mol. The van der Waals surface area contributed by atoms with Crippen molar-refractivity contribution < 1.29 is 12.8 Å². The van der Waals surface area contributed by atoms with E-state index in [1.165, 1.54) is 0 Å². The Hall–Kier alpha value is -1.73. The van der Waals surface area contributed by atoms with Crippen LogP contribution in [-0.4, -0.2) is 36.2 Å². The Morgan fingerprint density at radius 2 is 1.86 bits per heavy atom. The molecule has 1 saturated heterocycles. The summed E-state index contributed by atoms with van der Waals surface area (Å²) >= 11 is 0. The van der Waals surface area contributed by atoms with Crippen LogP contribution < -0.4 is 5.32 Å². The number of nitrogens with one attached hydrogen (secondary N) is 1. The Morgan fingerprint density at radius 1 is 1.14 bits per heavy atom. The summed E-state index contributed by atoms with van der Waals surface area (Å²) < 4.78 is 28.3. The molecule has 0 atom stereocenters. The van der Waals surface area contributed by atoms with Crippen LogP contribution in [0.15, 0.2) is 34.7 Å². The molecule has 0 unspecified atom stereocenters. The van der Waals surface area contributed by atoms with Gasteiger partial charge in [0.25, 0.3) is 0 Å². The van der Waals surface area contributed by atoms with Gasteiger partial charge in [-0.1, -0.05) is 18.2 Å². The summed E-state index contributed by atoms with van der Waals surface area (Å²) in [6.45, 7) is 0.463. The lowest BCUT2D eigenvalue weighted by molar-refractivity contribution is 0.416. The highest BCUT2D eigenvalue weighted by Crippen LogP contribution is 2.17. The van der Waals surface area contributed by atoms with E-state index < -0.39 is 9.84 Å². The molecule has 0 amide bonds. The minimum absolute atomic E-state index is 0.195. The van der Waals surface area contributed by atoms with Crippen molar-refractivity contribution >= 4 is 9.84 Å². The molecule has 1 aliphatic heterocycles. The maximum absolute atomic E-state index is 11.4. The minimum Gasteiger partial charge on any atom is -0.419 e. The summed E-state index contributed by atoms with van der Waals surface area (Å²) in [5.41, 5.74) is 0.889. The Balaban J connectivity index is 1.56. The summed E-state index contributed by atoms with van der Waals surface area (Å²) in [5.74, 6) is 1.52. The standard InChI is InChI=1S/C14H17N3O3S/c18-21(19)8-6-12(7-9-21)15-10-13-16-17-14(20-13)11-4-2-1-3-5-11/h1-5,12,15H,6-10H2. The molecule has 0 saturated carbocycles. The van der Waals surface area contributed by atoms with Gasteiger partial charge < -0.3 is 9.73 Å². The highest BCUT2D eigenvalue weighted by atomic mass is 32.2. The highest BCUT2D eigenvalue weighted by Gasteiger charge is 2.23. The number of hydrogen-bond donors (Lipinski definition) is 1. The van der Waals surface area contributed by atoms with Crippen molar-refractivity contribution in [3.8, 4) is 11.5 Å². The van der Waals surface area contributed by atoms with Gasteiger partial charge in [-0.05, 0) is 25.0 Å². The summed E-state index contributed by atoms with van der Waals surface area (Å²) in [6, 6.07) is 9.79. The summed E-state index contributed by atoms with van der Waals surface area (Å²) in [5, 5.41) is 11.3. The largest absolute Gasteiger partial charge is 0.419 e. The van der Waals surface area contributed by atoms with Gasteiger partial charge in [0.2, 0.25) is 11.8 Å². The van der Waals surface area contributed by atoms with Gasteiger partial charge in [-0.3, -0.25) is 0 Å². The van der Waals surface area contributed by atoms with E-state index in [9.17, 15) is 8.42 Å². The topological polar surface area (TPSA) is 85.1 Å². The maximum atomic E-state index is 11.4. The molecule has 6 nitrogen and oxygen atoms in total. The molecule has 0 aliphatic carbocycles. The molecule has 1 aromatic heterocycles. The van der Waals surface area contributed by atoms with E-state index in [1.807, 2.05) is 30.3 Å². The molecule has 1 fully saturated rings. The van der Waals surface area contributed by atoms with Crippen molar-refractivity contribution in [3.63, 3.8) is 0 Å². The smallest absolute Gasteiger partial charge is 0.247 e. The van der Waals surface area contributed by atoms with Crippen molar-refractivity contribution in [1.82, 2.24) is 15.5 Å². The average molecular weight is 307 g/mol. The fraction of sp³-hybridized carbons (Fsp3) is 0.429. The normalized spacial score (nSPS) is 18.7. The number of benzene rings is 1. The molecule has 7 heteroatoms. The highest BCUT2D eigenvalue weighted by molar-refractivity contribution is 7.91. The lowest BCUT2D eigenvalue weighted by Gasteiger charge is -2.22. The van der Waals surface area contributed by atoms with Crippen molar-refractivity contribution in [1.29, 1.82) is 0 Å². The molecular formula is C14H17N3O3S. The van der Waals surface area contributed by atoms with E-state index >= 15 is 0 Å². The lowest BCUT2D eigenvalue weighted by atomic mass is 10.1. The molecule has 1 N–H and O–H groups in total. The van der Waals surface area contributed by atoms with Crippen LogP contribution in [0.5, 0.6) is 0 Å². The first-order valence-electron chi connectivity index (χ1n) is 6.94. The number of nitrogens with zero attached hydrogens (tertiary/aromatic N) is 2. The lowest BCUT2D eigenvalue weighted by Crippen LogP contribution is -2.37. The summed E-state index contributed by atoms with van der Waals surface area (Å²) in [6.07, 6.45) is 1.28. The van der Waals surface area contributed by atoms with Crippen LogP contribution in [0.4, 0.5) is 0 Å². The second-order valence-electron chi connectivity index (χ2n) is 5.17. The van der Waals surface area contributed by atoms with Crippen LogP contribution in [0.25, 0.3) is 11.5 Å². The monoisotopic (exact) mass is 307 g/mol. The molecular weight excluding hydrogens is 290 g/mol. The van der Waals surface area contributed by atoms with Crippen LogP contribution in [-0.2, 0) is 16.4 Å². The van der Waals surface area contributed by atoms with E-state index in [2.05, 4.69) is 15.5 Å². The van der Waals surface area contributed by atoms with Gasteiger partial charge in [-0.25, -0.2) is 8.42 Å². The van der Waals surface area contributed by atoms with Gasteiger partial charge >= 0.3 is 0 Å². The Morgan fingerprint density at radius 3 is 2.57 bits per heavy atom. The zero-order valence-corrected chi connectivity index (χ0v) is 12.3. The van der Waals surface area contributed by atoms with Crippen LogP contribution >= 0.6 is 0 Å². The second kappa shape index (κ2) is 5.95. The van der Waals surface area contributed by atoms with Crippen molar-refractivity contribution in [2.45, 2.75) is 25.4 Å². The van der Waals surface area contributed by atoms with E-state index in [4.69, 9.17) is 4.42 Å². The van der Waals surface area contributed by atoms with E-state index in [1.54, 1.807) is 0 Å². The van der Waals surface area contributed by atoms with Crippen LogP contribution in [0.3, 0.4) is 0 Å². The Labute approximate surface area is 123 Å². The molecule has 0 spiro atoms. The number of hydrogen-bond acceptors (Lipinski definition) is 6. The maximum Gasteiger partial charge on any atom is 0.247 e. The van der Waals surface area contributed by atoms with Gasteiger partial charge in [0, 0.05) is 11.6 Å². The minimum atomic E-state index is -2.82. The van der Waals surface area contributed by atoms with Gasteiger partial charge in [-0.15, -0.1) is 10.2 Å². The van der Waals surface area contributed by atoms with E-state index in [0.29, 0.717) is 31.2 Å². The van der Waals surface area contributed by atoms with Gasteiger partial charge in [0.1, 0.15) is 9.84 Å². The van der Waals surface area contributed by atoms with Crippen LogP contribution in [0.2, 0.25) is 0 Å². The quantitative estimate of drug-likeness (QED) is 0.919. The molecule has 0 bridgehead atoms. The van der Waals surface area contributed by atoms with Crippen molar-refractivity contribution in [2.24, 2.45) is 0 Å². The Kier molecular flexibility index (Phi) is 4.03. The fourth-order valence-electron chi connectivity index (χ4n) is 2.35. The third-order valence-electron chi connectivity index (χ3n) is 3.58. The number of sulfone groups is 1. The SMILES string of the molecule is O=S1(=O)CCC(NCc2nnc(-c3ccccc3)o2)CC1. The van der Waals surface area contributed by atoms with E-state index in [0.717, 1.165) is 5.56 Å². The third kappa shape index (κ3) is 3.68. The first-order valence-corrected chi connectivity index (χ1v) is 8.76. The zero-order valence-electron chi connectivity index (χ0n) is 11.5. The molecule has 2 aromatic rings. The average Bonchev–Trinajstić information content (AvgIpc) is 2.96. The van der Waals surface area contributed by atoms with Crippen LogP contribution in [0.1, 0.15) is 18.7 Å². The summed E-state index contributed by atoms with van der Waals surface area (Å²) in [7, 11) is -2.82. The second-order valence-corrected chi connectivity index (χ2v) is 7.48. The van der Waals surface area contributed by atoms with Crippen LogP contribution in [0, 0.1) is 0 Å². The van der Waals surface area contributed by atoms with E-state index in [-0.39, 0.29) is 17.5 Å². The molecule has 3 rings (SSSR count). The molecule has 0 radical (unpaired) electrons. The predicted octanol–water partition coefficient (Wildman–Crippen LogP) is 1.40.